The number of carbonyl (C=O) groups excluding carboxylic acids is 1. The molecule has 144 valence electrons. The van der Waals surface area contributed by atoms with Crippen molar-refractivity contribution in [1.29, 1.82) is 0 Å². The number of methoxy groups -OCH3 is 1. The molecule has 1 aromatic carbocycles. The van der Waals surface area contributed by atoms with E-state index in [1.54, 1.807) is 7.11 Å². The molecule has 0 bridgehead atoms. The molecule has 0 radical (unpaired) electrons. The lowest BCUT2D eigenvalue weighted by Crippen LogP contribution is -2.73. The summed E-state index contributed by atoms with van der Waals surface area (Å²) < 4.78 is 5.16. The molecule has 3 unspecified atom stereocenters. The van der Waals surface area contributed by atoms with Crippen molar-refractivity contribution < 1.29 is 19.7 Å². The Labute approximate surface area is 153 Å². The molecular weight excluding hydrogens is 336 g/mol. The Hall–Kier alpha value is -1.71. The van der Waals surface area contributed by atoms with E-state index in [4.69, 9.17) is 10.5 Å². The van der Waals surface area contributed by atoms with E-state index in [2.05, 4.69) is 10.6 Å². The first-order valence-electron chi connectivity index (χ1n) is 8.88. The van der Waals surface area contributed by atoms with Crippen LogP contribution in [0.15, 0.2) is 24.3 Å². The van der Waals surface area contributed by atoms with E-state index in [-0.39, 0.29) is 11.6 Å². The quantitative estimate of drug-likeness (QED) is 0.410. The topological polar surface area (TPSA) is 120 Å². The van der Waals surface area contributed by atoms with Crippen LogP contribution in [0.4, 0.5) is 0 Å². The molecule has 5 atom stereocenters. The highest BCUT2D eigenvalue weighted by Crippen LogP contribution is 2.36. The standard InChI is InChI=1S/C18H28N4O4/c1-11(23)15(16(19)24)21-13-7-18(20-8-13)10-22(17(18)25)9-12-3-5-14(26-2)6-4-12/h3-6,11,13,15,17,20-21,23,25H,7-10H2,1-2H3,(H2,19,24)/t11-,13?,15+,17?,18?/m1/s1. The molecule has 2 aliphatic heterocycles. The highest BCUT2D eigenvalue weighted by atomic mass is 16.5. The number of hydrogen-bond acceptors (Lipinski definition) is 7. The minimum absolute atomic E-state index is 0.0279. The number of hydrogen-bond donors (Lipinski definition) is 5. The van der Waals surface area contributed by atoms with Crippen molar-refractivity contribution in [3.63, 3.8) is 0 Å². The number of benzene rings is 1. The van der Waals surface area contributed by atoms with Crippen molar-refractivity contribution in [1.82, 2.24) is 15.5 Å². The number of likely N-dealkylation sites (tertiary alicyclic amines) is 1. The first kappa shape index (κ1) is 19.1. The molecule has 26 heavy (non-hydrogen) atoms. The summed E-state index contributed by atoms with van der Waals surface area (Å²) in [6, 6.07) is 6.98. The van der Waals surface area contributed by atoms with Crippen LogP contribution >= 0.6 is 0 Å². The van der Waals surface area contributed by atoms with E-state index >= 15 is 0 Å². The number of aliphatic hydroxyl groups excluding tert-OH is 2. The molecule has 0 saturated carbocycles. The zero-order valence-corrected chi connectivity index (χ0v) is 15.2. The summed E-state index contributed by atoms with van der Waals surface area (Å²) in [6.07, 6.45) is -0.791. The summed E-state index contributed by atoms with van der Waals surface area (Å²) in [5, 5.41) is 26.8. The third-order valence-electron chi connectivity index (χ3n) is 5.39. The number of nitrogens with two attached hydrogens (primary N) is 1. The number of nitrogens with zero attached hydrogens (tertiary/aromatic N) is 1. The molecular formula is C18H28N4O4. The number of carbonyl (C=O) groups is 1. The van der Waals surface area contributed by atoms with Gasteiger partial charge in [0.1, 0.15) is 18.0 Å². The second kappa shape index (κ2) is 7.50. The minimum atomic E-state index is -0.859. The van der Waals surface area contributed by atoms with Crippen molar-refractivity contribution in [3.05, 3.63) is 29.8 Å². The Kier molecular flexibility index (Phi) is 5.50. The molecule has 0 aromatic heterocycles. The van der Waals surface area contributed by atoms with Gasteiger partial charge in [-0.3, -0.25) is 15.0 Å². The van der Waals surface area contributed by atoms with Gasteiger partial charge >= 0.3 is 0 Å². The number of nitrogens with one attached hydrogen (secondary N) is 2. The Morgan fingerprint density at radius 2 is 2.19 bits per heavy atom. The maximum Gasteiger partial charge on any atom is 0.237 e. The van der Waals surface area contributed by atoms with Gasteiger partial charge in [-0.15, -0.1) is 0 Å². The summed E-state index contributed by atoms with van der Waals surface area (Å²) in [6.45, 7) is 3.53. The van der Waals surface area contributed by atoms with E-state index in [9.17, 15) is 15.0 Å². The fourth-order valence-electron chi connectivity index (χ4n) is 3.93. The van der Waals surface area contributed by atoms with Crippen LogP contribution in [0.2, 0.25) is 0 Å². The van der Waals surface area contributed by atoms with E-state index < -0.39 is 24.3 Å². The van der Waals surface area contributed by atoms with E-state index in [0.29, 0.717) is 26.1 Å². The summed E-state index contributed by atoms with van der Waals surface area (Å²) in [5.74, 6) is 0.235. The van der Waals surface area contributed by atoms with Gasteiger partial charge in [0.15, 0.2) is 0 Å². The Bertz CT molecular complexity index is 639. The van der Waals surface area contributed by atoms with Gasteiger partial charge in [0.2, 0.25) is 5.91 Å². The third-order valence-corrected chi connectivity index (χ3v) is 5.39. The number of amides is 1. The largest absolute Gasteiger partial charge is 0.497 e. The fourth-order valence-corrected chi connectivity index (χ4v) is 3.93. The highest BCUT2D eigenvalue weighted by molar-refractivity contribution is 5.80. The normalized spacial score (nSPS) is 30.8. The SMILES string of the molecule is COc1ccc(CN2CC3(CC(N[C@H](C(N)=O)[C@@H](C)O)CN3)C2O)cc1. The predicted octanol–water partition coefficient (Wildman–Crippen LogP) is -1.25. The molecule has 2 fully saturated rings. The maximum absolute atomic E-state index is 11.5. The number of ether oxygens (including phenoxy) is 1. The molecule has 6 N–H and O–H groups in total. The first-order chi connectivity index (χ1) is 12.3. The van der Waals surface area contributed by atoms with Gasteiger partial charge in [-0.05, 0) is 31.0 Å². The lowest BCUT2D eigenvalue weighted by molar-refractivity contribution is -0.158. The smallest absolute Gasteiger partial charge is 0.237 e. The van der Waals surface area contributed by atoms with Crippen molar-refractivity contribution >= 4 is 5.91 Å². The predicted molar refractivity (Wildman–Crippen MR) is 96.3 cm³/mol. The molecule has 8 heteroatoms. The summed E-state index contributed by atoms with van der Waals surface area (Å²) in [7, 11) is 1.63. The highest BCUT2D eigenvalue weighted by Gasteiger charge is 2.55. The van der Waals surface area contributed by atoms with Crippen LogP contribution in [0.3, 0.4) is 0 Å². The molecule has 2 heterocycles. The molecule has 1 amide bonds. The average molecular weight is 364 g/mol. The molecule has 8 nitrogen and oxygen atoms in total. The molecule has 1 aromatic rings. The summed E-state index contributed by atoms with van der Waals surface area (Å²) >= 11 is 0. The van der Waals surface area contributed by atoms with Crippen LogP contribution in [-0.2, 0) is 11.3 Å². The second-order valence-electron chi connectivity index (χ2n) is 7.35. The van der Waals surface area contributed by atoms with Gasteiger partial charge in [-0.1, -0.05) is 12.1 Å². The number of rotatable bonds is 7. The first-order valence-corrected chi connectivity index (χ1v) is 8.88. The Morgan fingerprint density at radius 3 is 2.73 bits per heavy atom. The summed E-state index contributed by atoms with van der Waals surface area (Å²) in [4.78, 5) is 13.4. The summed E-state index contributed by atoms with van der Waals surface area (Å²) in [5.41, 5.74) is 6.06. The van der Waals surface area contributed by atoms with Crippen LogP contribution in [0.1, 0.15) is 18.9 Å². The zero-order chi connectivity index (χ0) is 18.9. The van der Waals surface area contributed by atoms with Crippen molar-refractivity contribution in [2.24, 2.45) is 5.73 Å². The van der Waals surface area contributed by atoms with Crippen molar-refractivity contribution in [2.45, 2.75) is 49.8 Å². The van der Waals surface area contributed by atoms with Crippen molar-refractivity contribution in [2.75, 3.05) is 20.2 Å². The van der Waals surface area contributed by atoms with Gasteiger partial charge in [0.05, 0.1) is 18.8 Å². The lowest BCUT2D eigenvalue weighted by atomic mass is 9.84. The van der Waals surface area contributed by atoms with Gasteiger partial charge in [0, 0.05) is 25.7 Å². The molecule has 3 rings (SSSR count). The molecule has 2 aliphatic rings. The molecule has 2 saturated heterocycles. The maximum atomic E-state index is 11.5. The third kappa shape index (κ3) is 3.70. The Morgan fingerprint density at radius 1 is 1.50 bits per heavy atom. The van der Waals surface area contributed by atoms with Crippen LogP contribution in [0.25, 0.3) is 0 Å². The van der Waals surface area contributed by atoms with Gasteiger partial charge in [-0.25, -0.2) is 0 Å². The van der Waals surface area contributed by atoms with Crippen LogP contribution in [0.5, 0.6) is 5.75 Å². The van der Waals surface area contributed by atoms with Gasteiger partial charge in [0.25, 0.3) is 0 Å². The van der Waals surface area contributed by atoms with E-state index in [0.717, 1.165) is 11.3 Å². The van der Waals surface area contributed by atoms with E-state index in [1.165, 1.54) is 6.92 Å². The molecule has 1 spiro atoms. The lowest BCUT2D eigenvalue weighted by Gasteiger charge is -2.53. The average Bonchev–Trinajstić information content (AvgIpc) is 3.05. The van der Waals surface area contributed by atoms with E-state index in [1.807, 2.05) is 29.2 Å². The second-order valence-corrected chi connectivity index (χ2v) is 7.35. The monoisotopic (exact) mass is 364 g/mol. The minimum Gasteiger partial charge on any atom is -0.497 e. The number of aliphatic hydroxyl groups is 2. The van der Waals surface area contributed by atoms with Gasteiger partial charge < -0.3 is 26.0 Å². The number of primary amides is 1. The van der Waals surface area contributed by atoms with Crippen LogP contribution < -0.4 is 21.1 Å². The van der Waals surface area contributed by atoms with Crippen LogP contribution in [0, 0.1) is 0 Å². The van der Waals surface area contributed by atoms with Crippen LogP contribution in [-0.4, -0.2) is 71.2 Å². The van der Waals surface area contributed by atoms with Crippen molar-refractivity contribution in [3.8, 4) is 5.75 Å². The zero-order valence-electron chi connectivity index (χ0n) is 15.2. The molecule has 0 aliphatic carbocycles. The van der Waals surface area contributed by atoms with Gasteiger partial charge in [-0.2, -0.15) is 0 Å². The fraction of sp³-hybridized carbons (Fsp3) is 0.611. The Balaban J connectivity index is 1.54.